The van der Waals surface area contributed by atoms with Gasteiger partial charge in [-0.1, -0.05) is 25.8 Å². The summed E-state index contributed by atoms with van der Waals surface area (Å²) in [4.78, 5) is 9.52. The largest absolute Gasteiger partial charge is 0.384 e. The van der Waals surface area contributed by atoms with Gasteiger partial charge in [0, 0.05) is 38.4 Å². The second-order valence-electron chi connectivity index (χ2n) is 8.26. The maximum atomic E-state index is 12.9. The van der Waals surface area contributed by atoms with Gasteiger partial charge in [-0.2, -0.15) is 9.29 Å². The molecule has 1 aromatic carbocycles. The van der Waals surface area contributed by atoms with Gasteiger partial charge in [-0.05, 0) is 43.9 Å². The molecule has 1 aromatic heterocycles. The number of nitrogens with zero attached hydrogens (tertiary/aromatic N) is 4. The number of aromatic nitrogens is 2. The van der Waals surface area contributed by atoms with Gasteiger partial charge < -0.3 is 10.6 Å². The van der Waals surface area contributed by atoms with E-state index in [0.29, 0.717) is 30.8 Å². The standard InChI is InChI=1S/C22H33N7O2S/c1-3-25-29(18-10-4-5-11-18)21-20(23-2)16-24-22(27-21)26-17-9-8-12-19(15-17)32(30,31)28-13-6-7-14-28/h8-9,12,15-16,18,23,25H,3-7,10-11,13-14H2,1-2H3,(H,24,26,27). The Balaban J connectivity index is 1.60. The van der Waals surface area contributed by atoms with Crippen LogP contribution in [0.1, 0.15) is 45.4 Å². The van der Waals surface area contributed by atoms with Crippen LogP contribution in [-0.2, 0) is 10.0 Å². The van der Waals surface area contributed by atoms with E-state index < -0.39 is 10.0 Å². The molecule has 2 aromatic rings. The first kappa shape index (κ1) is 22.8. The molecule has 2 heterocycles. The van der Waals surface area contributed by atoms with Gasteiger partial charge in [0.2, 0.25) is 16.0 Å². The molecule has 2 aliphatic rings. The number of rotatable bonds is 9. The van der Waals surface area contributed by atoms with Gasteiger partial charge in [0.15, 0.2) is 5.82 Å². The molecule has 1 saturated heterocycles. The summed E-state index contributed by atoms with van der Waals surface area (Å²) >= 11 is 0. The van der Waals surface area contributed by atoms with Crippen LogP contribution < -0.4 is 21.1 Å². The minimum Gasteiger partial charge on any atom is -0.384 e. The van der Waals surface area contributed by atoms with Crippen LogP contribution in [0, 0.1) is 0 Å². The van der Waals surface area contributed by atoms with Crippen LogP contribution in [0.2, 0.25) is 0 Å². The van der Waals surface area contributed by atoms with E-state index in [9.17, 15) is 8.42 Å². The van der Waals surface area contributed by atoms with Crippen molar-refractivity contribution >= 4 is 33.2 Å². The van der Waals surface area contributed by atoms with Crippen LogP contribution in [0.15, 0.2) is 35.4 Å². The molecule has 1 saturated carbocycles. The van der Waals surface area contributed by atoms with Gasteiger partial charge >= 0.3 is 0 Å². The van der Waals surface area contributed by atoms with E-state index in [0.717, 1.165) is 43.7 Å². The average molecular weight is 460 g/mol. The molecule has 1 aliphatic heterocycles. The van der Waals surface area contributed by atoms with Crippen molar-refractivity contribution < 1.29 is 8.42 Å². The van der Waals surface area contributed by atoms with Crippen LogP contribution in [0.25, 0.3) is 0 Å². The Morgan fingerprint density at radius 2 is 1.91 bits per heavy atom. The normalized spacial score (nSPS) is 17.6. The SMILES string of the molecule is CCNN(c1nc(Nc2cccc(S(=O)(=O)N3CCCC3)c2)ncc1NC)C1CCCC1. The summed E-state index contributed by atoms with van der Waals surface area (Å²) in [6, 6.07) is 7.26. The molecule has 3 N–H and O–H groups in total. The summed E-state index contributed by atoms with van der Waals surface area (Å²) in [6.45, 7) is 4.04. The Hall–Kier alpha value is -2.43. The zero-order chi connectivity index (χ0) is 22.6. The lowest BCUT2D eigenvalue weighted by Crippen LogP contribution is -2.45. The zero-order valence-electron chi connectivity index (χ0n) is 18.8. The van der Waals surface area contributed by atoms with E-state index in [4.69, 9.17) is 4.98 Å². The van der Waals surface area contributed by atoms with E-state index in [2.05, 4.69) is 33.0 Å². The fourth-order valence-electron chi connectivity index (χ4n) is 4.44. The monoisotopic (exact) mass is 459 g/mol. The van der Waals surface area contributed by atoms with Crippen molar-refractivity contribution in [2.24, 2.45) is 0 Å². The quantitative estimate of drug-likeness (QED) is 0.491. The third kappa shape index (κ3) is 4.82. The molecule has 0 radical (unpaired) electrons. The Kier molecular flexibility index (Phi) is 7.12. The highest BCUT2D eigenvalue weighted by Gasteiger charge is 2.28. The average Bonchev–Trinajstić information content (AvgIpc) is 3.52. The van der Waals surface area contributed by atoms with Gasteiger partial charge in [-0.3, -0.25) is 5.01 Å². The summed E-state index contributed by atoms with van der Waals surface area (Å²) in [5.41, 5.74) is 4.94. The molecule has 10 heteroatoms. The second-order valence-corrected chi connectivity index (χ2v) is 10.2. The molecule has 174 valence electrons. The molecule has 1 aliphatic carbocycles. The summed E-state index contributed by atoms with van der Waals surface area (Å²) in [5.74, 6) is 1.22. The Labute approximate surface area is 190 Å². The highest BCUT2D eigenvalue weighted by atomic mass is 32.2. The molecule has 2 fully saturated rings. The van der Waals surface area contributed by atoms with E-state index in [1.807, 2.05) is 13.1 Å². The lowest BCUT2D eigenvalue weighted by Gasteiger charge is -2.31. The first-order valence-electron chi connectivity index (χ1n) is 11.5. The number of benzene rings is 1. The summed E-state index contributed by atoms with van der Waals surface area (Å²) in [5, 5.41) is 8.54. The number of nitrogens with one attached hydrogen (secondary N) is 3. The molecule has 0 atom stereocenters. The van der Waals surface area contributed by atoms with Crippen molar-refractivity contribution in [2.75, 3.05) is 42.3 Å². The fraction of sp³-hybridized carbons (Fsp3) is 0.545. The number of hydrogen-bond donors (Lipinski definition) is 3. The predicted octanol–water partition coefficient (Wildman–Crippen LogP) is 3.32. The smallest absolute Gasteiger partial charge is 0.243 e. The molecule has 4 rings (SSSR count). The van der Waals surface area contributed by atoms with Gasteiger partial charge in [-0.15, -0.1) is 0 Å². The predicted molar refractivity (Wildman–Crippen MR) is 128 cm³/mol. The van der Waals surface area contributed by atoms with Crippen molar-refractivity contribution in [3.8, 4) is 0 Å². The van der Waals surface area contributed by atoms with Gasteiger partial charge in [0.1, 0.15) is 0 Å². The van der Waals surface area contributed by atoms with Crippen LogP contribution in [0.5, 0.6) is 0 Å². The highest BCUT2D eigenvalue weighted by molar-refractivity contribution is 7.89. The molecule has 0 spiro atoms. The number of sulfonamides is 1. The van der Waals surface area contributed by atoms with Crippen molar-refractivity contribution in [3.05, 3.63) is 30.5 Å². The minimum absolute atomic E-state index is 0.289. The first-order chi connectivity index (χ1) is 15.5. The van der Waals surface area contributed by atoms with E-state index in [1.165, 1.54) is 12.8 Å². The lowest BCUT2D eigenvalue weighted by molar-refractivity contribution is 0.477. The van der Waals surface area contributed by atoms with E-state index >= 15 is 0 Å². The molecule has 0 unspecified atom stereocenters. The number of hydrazine groups is 1. The Morgan fingerprint density at radius 3 is 2.59 bits per heavy atom. The van der Waals surface area contributed by atoms with E-state index in [1.54, 1.807) is 28.7 Å². The zero-order valence-corrected chi connectivity index (χ0v) is 19.7. The molecule has 0 amide bonds. The fourth-order valence-corrected chi connectivity index (χ4v) is 6.01. The minimum atomic E-state index is -3.48. The van der Waals surface area contributed by atoms with Crippen molar-refractivity contribution in [1.82, 2.24) is 19.7 Å². The Morgan fingerprint density at radius 1 is 1.16 bits per heavy atom. The maximum absolute atomic E-state index is 12.9. The van der Waals surface area contributed by atoms with Crippen LogP contribution in [0.4, 0.5) is 23.1 Å². The first-order valence-corrected chi connectivity index (χ1v) is 12.9. The summed E-state index contributed by atoms with van der Waals surface area (Å²) in [6.07, 6.45) is 8.27. The highest BCUT2D eigenvalue weighted by Crippen LogP contribution is 2.31. The van der Waals surface area contributed by atoms with Crippen LogP contribution >= 0.6 is 0 Å². The third-order valence-electron chi connectivity index (χ3n) is 6.08. The van der Waals surface area contributed by atoms with Crippen molar-refractivity contribution in [2.45, 2.75) is 56.4 Å². The van der Waals surface area contributed by atoms with Gasteiger partial charge in [0.25, 0.3) is 0 Å². The summed E-state index contributed by atoms with van der Waals surface area (Å²) < 4.78 is 27.4. The summed E-state index contributed by atoms with van der Waals surface area (Å²) in [7, 11) is -1.62. The Bertz CT molecular complexity index is 1020. The van der Waals surface area contributed by atoms with Crippen molar-refractivity contribution in [3.63, 3.8) is 0 Å². The molecule has 32 heavy (non-hydrogen) atoms. The number of anilines is 4. The molecular formula is C22H33N7O2S. The lowest BCUT2D eigenvalue weighted by atomic mass is 10.2. The van der Waals surface area contributed by atoms with Crippen molar-refractivity contribution in [1.29, 1.82) is 0 Å². The maximum Gasteiger partial charge on any atom is 0.243 e. The van der Waals surface area contributed by atoms with Crippen LogP contribution in [0.3, 0.4) is 0 Å². The second kappa shape index (κ2) is 10.0. The van der Waals surface area contributed by atoms with Crippen LogP contribution in [-0.4, -0.2) is 55.4 Å². The molecule has 0 bridgehead atoms. The third-order valence-corrected chi connectivity index (χ3v) is 7.97. The molecule has 9 nitrogen and oxygen atoms in total. The van der Waals surface area contributed by atoms with E-state index in [-0.39, 0.29) is 4.90 Å². The van der Waals surface area contributed by atoms with Gasteiger partial charge in [0.05, 0.1) is 16.8 Å². The topological polar surface area (TPSA) is 102 Å². The van der Waals surface area contributed by atoms with Gasteiger partial charge in [-0.25, -0.2) is 18.8 Å². The molecular weight excluding hydrogens is 426 g/mol. The number of hydrogen-bond acceptors (Lipinski definition) is 8.